The second-order valence-electron chi connectivity index (χ2n) is 6.58. The summed E-state index contributed by atoms with van der Waals surface area (Å²) in [5.74, 6) is 0. The van der Waals surface area contributed by atoms with Gasteiger partial charge < -0.3 is 14.5 Å². The summed E-state index contributed by atoms with van der Waals surface area (Å²) < 4.78 is 6.55. The number of piperazine rings is 1. The van der Waals surface area contributed by atoms with Crippen molar-refractivity contribution < 1.29 is 9.53 Å². The van der Waals surface area contributed by atoms with E-state index in [9.17, 15) is 4.79 Å². The van der Waals surface area contributed by atoms with Crippen LogP contribution in [0.3, 0.4) is 0 Å². The van der Waals surface area contributed by atoms with E-state index in [0.29, 0.717) is 13.1 Å². The molecule has 1 aliphatic heterocycles. The highest BCUT2D eigenvalue weighted by atomic mass is 79.9. The quantitative estimate of drug-likeness (QED) is 0.788. The van der Waals surface area contributed by atoms with Crippen molar-refractivity contribution in [1.29, 1.82) is 0 Å². The van der Waals surface area contributed by atoms with Gasteiger partial charge in [0.1, 0.15) is 5.60 Å². The molecule has 5 heteroatoms. The van der Waals surface area contributed by atoms with Gasteiger partial charge in [-0.25, -0.2) is 4.79 Å². The van der Waals surface area contributed by atoms with Crippen molar-refractivity contribution in [1.82, 2.24) is 4.90 Å². The second-order valence-corrected chi connectivity index (χ2v) is 7.50. The molecule has 1 heterocycles. The number of hydrogen-bond acceptors (Lipinski definition) is 3. The zero-order chi connectivity index (χ0) is 16.3. The lowest BCUT2D eigenvalue weighted by atomic mass is 10.1. The number of ether oxygens (including phenoxy) is 1. The molecule has 1 aliphatic rings. The third-order valence-corrected chi connectivity index (χ3v) is 4.19. The summed E-state index contributed by atoms with van der Waals surface area (Å²) in [5, 5.41) is 0. The maximum absolute atomic E-state index is 12.1. The number of carbonyl (C=O) groups is 1. The van der Waals surface area contributed by atoms with Gasteiger partial charge in [0.05, 0.1) is 0 Å². The number of aryl methyl sites for hydroxylation is 1. The van der Waals surface area contributed by atoms with Crippen LogP contribution in [0.4, 0.5) is 10.5 Å². The molecule has 0 saturated carbocycles. The van der Waals surface area contributed by atoms with Gasteiger partial charge in [-0.3, -0.25) is 0 Å². The number of anilines is 1. The zero-order valence-electron chi connectivity index (χ0n) is 13.9. The minimum absolute atomic E-state index is 0.210. The lowest BCUT2D eigenvalue weighted by molar-refractivity contribution is 0.0240. The SMILES string of the molecule is CCc1cc(Br)ccc1N1CCN(C(=O)OC(C)(C)C)CC1. The summed E-state index contributed by atoms with van der Waals surface area (Å²) in [6.45, 7) is 11.0. The van der Waals surface area contributed by atoms with Crippen molar-refractivity contribution in [3.05, 3.63) is 28.2 Å². The van der Waals surface area contributed by atoms with Gasteiger partial charge in [-0.2, -0.15) is 0 Å². The molecule has 122 valence electrons. The summed E-state index contributed by atoms with van der Waals surface area (Å²) in [6.07, 6.45) is 0.791. The van der Waals surface area contributed by atoms with E-state index in [1.54, 1.807) is 4.90 Å². The summed E-state index contributed by atoms with van der Waals surface area (Å²) in [7, 11) is 0. The number of nitrogens with zero attached hydrogens (tertiary/aromatic N) is 2. The minimum atomic E-state index is -0.435. The molecule has 0 aromatic heterocycles. The molecule has 1 aromatic rings. The van der Waals surface area contributed by atoms with E-state index in [4.69, 9.17) is 4.74 Å². The largest absolute Gasteiger partial charge is 0.444 e. The fourth-order valence-electron chi connectivity index (χ4n) is 2.60. The van der Waals surface area contributed by atoms with Gasteiger partial charge in [0.25, 0.3) is 0 Å². The highest BCUT2D eigenvalue weighted by Gasteiger charge is 2.26. The van der Waals surface area contributed by atoms with Gasteiger partial charge in [-0.05, 0) is 51.0 Å². The Bertz CT molecular complexity index is 532. The van der Waals surface area contributed by atoms with Gasteiger partial charge in [0, 0.05) is 36.3 Å². The standard InChI is InChI=1S/C17H25BrN2O2/c1-5-13-12-14(18)6-7-15(13)19-8-10-20(11-9-19)16(21)22-17(2,3)4/h6-7,12H,5,8-11H2,1-4H3. The molecule has 4 nitrogen and oxygen atoms in total. The van der Waals surface area contributed by atoms with Crippen LogP contribution in [0.25, 0.3) is 0 Å². The molecule has 0 radical (unpaired) electrons. The predicted octanol–water partition coefficient (Wildman–Crippen LogP) is 4.07. The zero-order valence-corrected chi connectivity index (χ0v) is 15.4. The Kier molecular flexibility index (Phi) is 5.37. The first-order chi connectivity index (χ1) is 10.3. The molecule has 1 saturated heterocycles. The highest BCUT2D eigenvalue weighted by Crippen LogP contribution is 2.26. The predicted molar refractivity (Wildman–Crippen MR) is 93.5 cm³/mol. The summed E-state index contributed by atoms with van der Waals surface area (Å²) >= 11 is 3.53. The van der Waals surface area contributed by atoms with Crippen LogP contribution in [0.2, 0.25) is 0 Å². The Morgan fingerprint density at radius 1 is 1.23 bits per heavy atom. The molecular formula is C17H25BrN2O2. The van der Waals surface area contributed by atoms with E-state index in [1.165, 1.54) is 11.3 Å². The van der Waals surface area contributed by atoms with Crippen LogP contribution in [-0.4, -0.2) is 42.8 Å². The number of carbonyl (C=O) groups excluding carboxylic acids is 1. The fourth-order valence-corrected chi connectivity index (χ4v) is 3.01. The lowest BCUT2D eigenvalue weighted by Crippen LogP contribution is -2.50. The van der Waals surface area contributed by atoms with E-state index >= 15 is 0 Å². The molecular weight excluding hydrogens is 344 g/mol. The maximum Gasteiger partial charge on any atom is 0.410 e. The van der Waals surface area contributed by atoms with Crippen LogP contribution in [-0.2, 0) is 11.2 Å². The normalized spacial score (nSPS) is 15.9. The first-order valence-corrected chi connectivity index (χ1v) is 8.61. The smallest absolute Gasteiger partial charge is 0.410 e. The number of halogens is 1. The summed E-state index contributed by atoms with van der Waals surface area (Å²) in [4.78, 5) is 16.3. The number of hydrogen-bond donors (Lipinski definition) is 0. The topological polar surface area (TPSA) is 32.8 Å². The van der Waals surface area contributed by atoms with Crippen LogP contribution >= 0.6 is 15.9 Å². The molecule has 2 rings (SSSR count). The van der Waals surface area contributed by atoms with Crippen molar-refractivity contribution in [2.45, 2.75) is 39.7 Å². The van der Waals surface area contributed by atoms with Gasteiger partial charge in [0.15, 0.2) is 0 Å². The van der Waals surface area contributed by atoms with E-state index < -0.39 is 5.60 Å². The molecule has 0 aliphatic carbocycles. The van der Waals surface area contributed by atoms with Gasteiger partial charge >= 0.3 is 6.09 Å². The van der Waals surface area contributed by atoms with E-state index in [0.717, 1.165) is 24.0 Å². The third kappa shape index (κ3) is 4.38. The van der Waals surface area contributed by atoms with E-state index in [1.807, 2.05) is 20.8 Å². The van der Waals surface area contributed by atoms with E-state index in [-0.39, 0.29) is 6.09 Å². The summed E-state index contributed by atoms with van der Waals surface area (Å²) in [6, 6.07) is 6.41. The molecule has 0 bridgehead atoms. The Balaban J connectivity index is 1.99. The Hall–Kier alpha value is -1.23. The van der Waals surface area contributed by atoms with Crippen LogP contribution in [0.1, 0.15) is 33.3 Å². The van der Waals surface area contributed by atoms with Crippen molar-refractivity contribution in [3.8, 4) is 0 Å². The highest BCUT2D eigenvalue weighted by molar-refractivity contribution is 9.10. The van der Waals surface area contributed by atoms with Gasteiger partial charge in [0.2, 0.25) is 0 Å². The van der Waals surface area contributed by atoms with Gasteiger partial charge in [-0.15, -0.1) is 0 Å². The number of benzene rings is 1. The molecule has 1 fully saturated rings. The van der Waals surface area contributed by atoms with Crippen molar-refractivity contribution in [2.75, 3.05) is 31.1 Å². The third-order valence-electron chi connectivity index (χ3n) is 3.69. The minimum Gasteiger partial charge on any atom is -0.444 e. The fraction of sp³-hybridized carbons (Fsp3) is 0.588. The molecule has 1 amide bonds. The van der Waals surface area contributed by atoms with Crippen LogP contribution in [0.5, 0.6) is 0 Å². The van der Waals surface area contributed by atoms with Crippen LogP contribution < -0.4 is 4.90 Å². The molecule has 0 spiro atoms. The van der Waals surface area contributed by atoms with E-state index in [2.05, 4.69) is 46.0 Å². The van der Waals surface area contributed by atoms with Crippen LogP contribution in [0, 0.1) is 0 Å². The second kappa shape index (κ2) is 6.90. The molecule has 0 unspecified atom stereocenters. The van der Waals surface area contributed by atoms with Crippen LogP contribution in [0.15, 0.2) is 22.7 Å². The molecule has 1 aromatic carbocycles. The average Bonchev–Trinajstić information content (AvgIpc) is 2.45. The Morgan fingerprint density at radius 3 is 2.41 bits per heavy atom. The average molecular weight is 369 g/mol. The number of rotatable bonds is 2. The summed E-state index contributed by atoms with van der Waals surface area (Å²) in [5.41, 5.74) is 2.17. The van der Waals surface area contributed by atoms with Crippen molar-refractivity contribution >= 4 is 27.7 Å². The molecule has 22 heavy (non-hydrogen) atoms. The molecule has 0 atom stereocenters. The Morgan fingerprint density at radius 2 is 1.86 bits per heavy atom. The maximum atomic E-state index is 12.1. The Labute approximate surface area is 141 Å². The monoisotopic (exact) mass is 368 g/mol. The van der Waals surface area contributed by atoms with Crippen molar-refractivity contribution in [3.63, 3.8) is 0 Å². The molecule has 0 N–H and O–H groups in total. The van der Waals surface area contributed by atoms with Crippen molar-refractivity contribution in [2.24, 2.45) is 0 Å². The lowest BCUT2D eigenvalue weighted by Gasteiger charge is -2.37. The van der Waals surface area contributed by atoms with Gasteiger partial charge in [-0.1, -0.05) is 22.9 Å². The number of amides is 1. The first-order valence-electron chi connectivity index (χ1n) is 7.81. The first kappa shape index (κ1) is 17.1.